The second-order valence-electron chi connectivity index (χ2n) is 7.48. The first-order chi connectivity index (χ1) is 14.1. The van der Waals surface area contributed by atoms with E-state index in [1.54, 1.807) is 18.7 Å². The van der Waals surface area contributed by atoms with Crippen LogP contribution in [-0.2, 0) is 20.6 Å². The Morgan fingerprint density at radius 2 is 1.55 bits per heavy atom. The van der Waals surface area contributed by atoms with Gasteiger partial charge in [-0.05, 0) is 11.1 Å². The Balaban J connectivity index is 1.97. The van der Waals surface area contributed by atoms with Crippen molar-refractivity contribution in [2.75, 3.05) is 6.54 Å². The fourth-order valence-electron chi connectivity index (χ4n) is 4.50. The van der Waals surface area contributed by atoms with Gasteiger partial charge in [0, 0.05) is 27.2 Å². The van der Waals surface area contributed by atoms with Crippen LogP contribution in [0.2, 0.25) is 0 Å². The maximum absolute atomic E-state index is 13.3. The number of nitrogens with zero attached hydrogens (tertiary/aromatic N) is 3. The molecule has 146 valence electrons. The van der Waals surface area contributed by atoms with Gasteiger partial charge in [-0.1, -0.05) is 60.7 Å². The summed E-state index contributed by atoms with van der Waals surface area (Å²) >= 11 is 0. The molecule has 5 rings (SSSR count). The van der Waals surface area contributed by atoms with Crippen molar-refractivity contribution >= 4 is 10.9 Å². The molecule has 0 saturated heterocycles. The highest BCUT2D eigenvalue weighted by molar-refractivity contribution is 5.96. The minimum atomic E-state index is -0.312. The van der Waals surface area contributed by atoms with Crippen LogP contribution >= 0.6 is 0 Å². The van der Waals surface area contributed by atoms with Gasteiger partial charge >= 0.3 is 5.69 Å². The van der Waals surface area contributed by atoms with Crippen molar-refractivity contribution in [3.8, 4) is 11.3 Å². The zero-order chi connectivity index (χ0) is 20.1. The van der Waals surface area contributed by atoms with E-state index < -0.39 is 0 Å². The summed E-state index contributed by atoms with van der Waals surface area (Å²) in [4.78, 5) is 26.0. The third kappa shape index (κ3) is 2.53. The number of hydrogen-bond donors (Lipinski definition) is 1. The lowest BCUT2D eigenvalue weighted by atomic mass is 10.0. The number of aryl methyl sites for hydroxylation is 1. The average Bonchev–Trinajstić information content (AvgIpc) is 3.13. The van der Waals surface area contributed by atoms with Crippen molar-refractivity contribution < 1.29 is 0 Å². The van der Waals surface area contributed by atoms with Crippen LogP contribution in [0, 0.1) is 0 Å². The van der Waals surface area contributed by atoms with E-state index in [1.807, 2.05) is 48.5 Å². The van der Waals surface area contributed by atoms with Gasteiger partial charge in [0.25, 0.3) is 5.56 Å². The van der Waals surface area contributed by atoms with Gasteiger partial charge in [0.1, 0.15) is 0 Å². The Morgan fingerprint density at radius 1 is 0.897 bits per heavy atom. The standard InChI is InChI=1S/C23H22N4O2/c1-25-20-17(22(28)26(2)23(25)29)19(16-11-7-4-8-12-16)27-14-13-24-18(21(20)27)15-9-5-3-6-10-15/h3-12,18,24H,13-14H2,1-2H3. The normalized spacial score (nSPS) is 16.1. The Bertz CT molecular complexity index is 1330. The summed E-state index contributed by atoms with van der Waals surface area (Å²) in [6, 6.07) is 20.0. The minimum absolute atomic E-state index is 0.0948. The van der Waals surface area contributed by atoms with Crippen molar-refractivity contribution in [3.05, 3.63) is 92.8 Å². The summed E-state index contributed by atoms with van der Waals surface area (Å²) in [5, 5.41) is 4.18. The Kier molecular flexibility index (Phi) is 4.03. The molecule has 1 aliphatic heterocycles. The largest absolute Gasteiger partial charge is 0.339 e. The van der Waals surface area contributed by atoms with Crippen molar-refractivity contribution in [2.24, 2.45) is 14.1 Å². The highest BCUT2D eigenvalue weighted by Gasteiger charge is 2.31. The molecular weight excluding hydrogens is 364 g/mol. The fraction of sp³-hybridized carbons (Fsp3) is 0.217. The van der Waals surface area contributed by atoms with Gasteiger partial charge in [-0.2, -0.15) is 0 Å². The van der Waals surface area contributed by atoms with Gasteiger partial charge in [0.15, 0.2) is 0 Å². The van der Waals surface area contributed by atoms with E-state index in [9.17, 15) is 9.59 Å². The maximum Gasteiger partial charge on any atom is 0.331 e. The molecule has 0 bridgehead atoms. The predicted octanol–water partition coefficient (Wildman–Crippen LogP) is 2.40. The first kappa shape index (κ1) is 17.7. The number of aromatic nitrogens is 3. The van der Waals surface area contributed by atoms with Crippen LogP contribution in [-0.4, -0.2) is 20.2 Å². The molecular formula is C23H22N4O2. The third-order valence-corrected chi connectivity index (χ3v) is 5.84. The minimum Gasteiger partial charge on any atom is -0.339 e. The molecule has 3 heterocycles. The molecule has 1 aliphatic rings. The number of nitrogens with one attached hydrogen (secondary N) is 1. The lowest BCUT2D eigenvalue weighted by Crippen LogP contribution is -2.38. The fourth-order valence-corrected chi connectivity index (χ4v) is 4.50. The number of rotatable bonds is 2. The molecule has 29 heavy (non-hydrogen) atoms. The molecule has 0 amide bonds. The van der Waals surface area contributed by atoms with E-state index in [0.717, 1.165) is 35.6 Å². The summed E-state index contributed by atoms with van der Waals surface area (Å²) in [6.45, 7) is 1.51. The lowest BCUT2D eigenvalue weighted by molar-refractivity contribution is 0.471. The van der Waals surface area contributed by atoms with E-state index in [2.05, 4.69) is 22.0 Å². The van der Waals surface area contributed by atoms with Crippen molar-refractivity contribution in [1.82, 2.24) is 19.0 Å². The first-order valence-electron chi connectivity index (χ1n) is 9.75. The number of fused-ring (bicyclic) bond motifs is 3. The average molecular weight is 386 g/mol. The quantitative estimate of drug-likeness (QED) is 0.576. The van der Waals surface area contributed by atoms with Crippen LogP contribution in [0.4, 0.5) is 0 Å². The van der Waals surface area contributed by atoms with Gasteiger partial charge < -0.3 is 9.88 Å². The molecule has 0 fully saturated rings. The first-order valence-corrected chi connectivity index (χ1v) is 9.75. The Hall–Kier alpha value is -3.38. The molecule has 0 saturated carbocycles. The van der Waals surface area contributed by atoms with Gasteiger partial charge in [-0.3, -0.25) is 13.9 Å². The van der Waals surface area contributed by atoms with Crippen molar-refractivity contribution in [1.29, 1.82) is 0 Å². The van der Waals surface area contributed by atoms with E-state index in [4.69, 9.17) is 0 Å². The van der Waals surface area contributed by atoms with Crippen molar-refractivity contribution in [2.45, 2.75) is 12.6 Å². The van der Waals surface area contributed by atoms with Crippen LogP contribution in [0.1, 0.15) is 17.3 Å². The smallest absolute Gasteiger partial charge is 0.331 e. The van der Waals surface area contributed by atoms with Crippen LogP contribution < -0.4 is 16.6 Å². The molecule has 1 N–H and O–H groups in total. The van der Waals surface area contributed by atoms with Gasteiger partial charge in [-0.15, -0.1) is 0 Å². The zero-order valence-corrected chi connectivity index (χ0v) is 16.4. The van der Waals surface area contributed by atoms with E-state index in [0.29, 0.717) is 10.9 Å². The highest BCUT2D eigenvalue weighted by atomic mass is 16.2. The molecule has 0 spiro atoms. The number of hydrogen-bond acceptors (Lipinski definition) is 3. The van der Waals surface area contributed by atoms with Gasteiger partial charge in [-0.25, -0.2) is 4.79 Å². The second kappa shape index (κ2) is 6.60. The van der Waals surface area contributed by atoms with Gasteiger partial charge in [0.2, 0.25) is 0 Å². The molecule has 1 unspecified atom stereocenters. The summed E-state index contributed by atoms with van der Waals surface area (Å²) in [7, 11) is 3.29. The van der Waals surface area contributed by atoms with Crippen LogP contribution in [0.5, 0.6) is 0 Å². The summed E-state index contributed by atoms with van der Waals surface area (Å²) < 4.78 is 5.03. The molecule has 1 atom stereocenters. The third-order valence-electron chi connectivity index (χ3n) is 5.84. The van der Waals surface area contributed by atoms with Crippen LogP contribution in [0.3, 0.4) is 0 Å². The van der Waals surface area contributed by atoms with Crippen LogP contribution in [0.25, 0.3) is 22.2 Å². The highest BCUT2D eigenvalue weighted by Crippen LogP contribution is 2.38. The lowest BCUT2D eigenvalue weighted by Gasteiger charge is -2.28. The molecule has 0 aliphatic carbocycles. The second-order valence-corrected chi connectivity index (χ2v) is 7.48. The topological polar surface area (TPSA) is 61.0 Å². The Morgan fingerprint density at radius 3 is 2.24 bits per heavy atom. The van der Waals surface area contributed by atoms with E-state index in [1.165, 1.54) is 4.57 Å². The molecule has 0 radical (unpaired) electrons. The monoisotopic (exact) mass is 386 g/mol. The zero-order valence-electron chi connectivity index (χ0n) is 16.4. The molecule has 2 aromatic carbocycles. The Labute approximate surface area is 167 Å². The summed E-state index contributed by atoms with van der Waals surface area (Å²) in [5.74, 6) is 0. The summed E-state index contributed by atoms with van der Waals surface area (Å²) in [5.41, 5.74) is 4.08. The van der Waals surface area contributed by atoms with Crippen molar-refractivity contribution in [3.63, 3.8) is 0 Å². The molecule has 4 aromatic rings. The van der Waals surface area contributed by atoms with Gasteiger partial charge in [0.05, 0.1) is 28.3 Å². The van der Waals surface area contributed by atoms with E-state index >= 15 is 0 Å². The number of benzene rings is 2. The van der Waals surface area contributed by atoms with E-state index in [-0.39, 0.29) is 17.3 Å². The molecule has 2 aromatic heterocycles. The SMILES string of the molecule is Cn1c(=O)c2c(-c3ccccc3)n3c(c2n(C)c1=O)C(c1ccccc1)NCC3. The molecule has 6 nitrogen and oxygen atoms in total. The molecule has 6 heteroatoms. The van der Waals surface area contributed by atoms with Crippen LogP contribution in [0.15, 0.2) is 70.3 Å². The predicted molar refractivity (Wildman–Crippen MR) is 114 cm³/mol. The summed E-state index contributed by atoms with van der Waals surface area (Å²) in [6.07, 6.45) is 0. The maximum atomic E-state index is 13.3.